The van der Waals surface area contributed by atoms with Gasteiger partial charge in [0.05, 0.1) is 0 Å². The van der Waals surface area contributed by atoms with Gasteiger partial charge in [0, 0.05) is 29.7 Å². The van der Waals surface area contributed by atoms with Gasteiger partial charge in [-0.2, -0.15) is 0 Å². The van der Waals surface area contributed by atoms with Crippen LogP contribution in [0.15, 0.2) is 83.9 Å². The van der Waals surface area contributed by atoms with E-state index >= 15 is 0 Å². The molecule has 0 aliphatic carbocycles. The van der Waals surface area contributed by atoms with Crippen LogP contribution in [0.1, 0.15) is 10.4 Å². The Bertz CT molecular complexity index is 1350. The molecule has 2 aromatic heterocycles. The number of halogens is 2. The molecule has 3 N–H and O–H groups in total. The number of nitrogens with zero attached hydrogens (tertiary/aromatic N) is 2. The third-order valence-corrected chi connectivity index (χ3v) is 4.47. The Morgan fingerprint density at radius 3 is 2.53 bits per heavy atom. The van der Waals surface area contributed by atoms with Crippen LogP contribution in [0.5, 0.6) is 11.5 Å². The third-order valence-electron chi connectivity index (χ3n) is 4.47. The smallest absolute Gasteiger partial charge is 0.278 e. The number of anilines is 2. The summed E-state index contributed by atoms with van der Waals surface area (Å²) in [6.45, 7) is 0. The summed E-state index contributed by atoms with van der Waals surface area (Å²) < 4.78 is 34.3. The lowest BCUT2D eigenvalue weighted by molar-refractivity contribution is 0.102. The Morgan fingerprint density at radius 1 is 1.03 bits per heavy atom. The normalized spacial score (nSPS) is 10.6. The summed E-state index contributed by atoms with van der Waals surface area (Å²) in [7, 11) is 0. The van der Waals surface area contributed by atoms with Gasteiger partial charge in [-0.25, -0.2) is 13.8 Å². The van der Waals surface area contributed by atoms with Crippen molar-refractivity contribution in [1.29, 1.82) is 0 Å². The van der Waals surface area contributed by atoms with Crippen molar-refractivity contribution in [2.45, 2.75) is 0 Å². The largest absolute Gasteiger partial charge is 0.454 e. The van der Waals surface area contributed by atoms with E-state index in [9.17, 15) is 18.4 Å². The Hall–Kier alpha value is -4.53. The highest BCUT2D eigenvalue weighted by molar-refractivity contribution is 6.04. The van der Waals surface area contributed by atoms with Gasteiger partial charge in [0.2, 0.25) is 0 Å². The van der Waals surface area contributed by atoms with Gasteiger partial charge in [0.25, 0.3) is 11.5 Å². The Kier molecular flexibility index (Phi) is 5.63. The minimum Gasteiger partial charge on any atom is -0.454 e. The van der Waals surface area contributed by atoms with Crippen LogP contribution in [0.25, 0.3) is 5.69 Å². The maximum atomic E-state index is 14.5. The first-order valence-electron chi connectivity index (χ1n) is 9.38. The molecule has 0 aliphatic heterocycles. The van der Waals surface area contributed by atoms with E-state index in [4.69, 9.17) is 10.5 Å². The first-order chi connectivity index (χ1) is 15.4. The zero-order valence-corrected chi connectivity index (χ0v) is 16.5. The molecule has 0 saturated carbocycles. The van der Waals surface area contributed by atoms with Crippen molar-refractivity contribution in [2.24, 2.45) is 0 Å². The Labute approximate surface area is 180 Å². The Balaban J connectivity index is 1.54. The number of amides is 1. The predicted octanol–water partition coefficient (Wildman–Crippen LogP) is 4.14. The molecular weight excluding hydrogens is 418 g/mol. The topological polar surface area (TPSA) is 99.2 Å². The zero-order chi connectivity index (χ0) is 22.7. The maximum absolute atomic E-state index is 14.5. The van der Waals surface area contributed by atoms with E-state index in [1.54, 1.807) is 6.07 Å². The highest BCUT2D eigenvalue weighted by Crippen LogP contribution is 2.26. The van der Waals surface area contributed by atoms with Gasteiger partial charge in [-0.05, 0) is 60.7 Å². The van der Waals surface area contributed by atoms with Crippen LogP contribution >= 0.6 is 0 Å². The average Bonchev–Trinajstić information content (AvgIpc) is 2.77. The highest BCUT2D eigenvalue weighted by atomic mass is 19.1. The number of hydrogen-bond acceptors (Lipinski definition) is 5. The van der Waals surface area contributed by atoms with Crippen molar-refractivity contribution in [2.75, 3.05) is 11.1 Å². The summed E-state index contributed by atoms with van der Waals surface area (Å²) in [5.74, 6) is -1.49. The molecule has 0 atom stereocenters. The van der Waals surface area contributed by atoms with Crippen LogP contribution in [0.3, 0.4) is 0 Å². The number of hydrogen-bond donors (Lipinski definition) is 2. The molecule has 0 radical (unpaired) electrons. The first-order valence-corrected chi connectivity index (χ1v) is 9.38. The van der Waals surface area contributed by atoms with E-state index in [1.165, 1.54) is 71.6 Å². The minimum atomic E-state index is -0.773. The number of benzene rings is 2. The quantitative estimate of drug-likeness (QED) is 0.492. The minimum absolute atomic E-state index is 0.0133. The molecule has 7 nitrogen and oxygen atoms in total. The van der Waals surface area contributed by atoms with Gasteiger partial charge < -0.3 is 15.8 Å². The number of nitrogen functional groups attached to an aromatic ring is 1. The van der Waals surface area contributed by atoms with E-state index in [2.05, 4.69) is 10.3 Å². The van der Waals surface area contributed by atoms with Crippen LogP contribution in [0.2, 0.25) is 0 Å². The number of pyridine rings is 2. The van der Waals surface area contributed by atoms with E-state index in [1.807, 2.05) is 0 Å². The summed E-state index contributed by atoms with van der Waals surface area (Å²) in [5.41, 5.74) is 5.44. The second-order valence-electron chi connectivity index (χ2n) is 6.69. The van der Waals surface area contributed by atoms with Crippen molar-refractivity contribution in [1.82, 2.24) is 9.55 Å². The molecule has 0 fully saturated rings. The molecular formula is C23H16F2N4O3. The lowest BCUT2D eigenvalue weighted by Gasteiger charge is -2.11. The monoisotopic (exact) mass is 434 g/mol. The van der Waals surface area contributed by atoms with Gasteiger partial charge in [-0.15, -0.1) is 0 Å². The average molecular weight is 434 g/mol. The van der Waals surface area contributed by atoms with Crippen molar-refractivity contribution in [3.05, 3.63) is 107 Å². The van der Waals surface area contributed by atoms with Gasteiger partial charge in [-0.3, -0.25) is 14.2 Å². The van der Waals surface area contributed by atoms with Gasteiger partial charge >= 0.3 is 0 Å². The standard InChI is InChI=1S/C23H16F2N4O3/c24-15-4-6-16(7-5-15)29-11-1-2-19(23(29)31)28-22(30)14-3-8-20(18(25)12-14)32-17-9-10-27-21(26)13-17/h1-13H,(H2,26,27)(H,28,30). The van der Waals surface area contributed by atoms with E-state index in [-0.39, 0.29) is 22.8 Å². The van der Waals surface area contributed by atoms with Crippen LogP contribution in [0.4, 0.5) is 20.3 Å². The molecule has 0 spiro atoms. The van der Waals surface area contributed by atoms with E-state index in [0.717, 1.165) is 6.07 Å². The number of rotatable bonds is 5. The van der Waals surface area contributed by atoms with Crippen molar-refractivity contribution < 1.29 is 18.3 Å². The second kappa shape index (κ2) is 8.68. The Morgan fingerprint density at radius 2 is 1.81 bits per heavy atom. The molecule has 0 bridgehead atoms. The van der Waals surface area contributed by atoms with Crippen LogP contribution in [-0.2, 0) is 0 Å². The molecule has 160 valence electrons. The summed E-state index contributed by atoms with van der Waals surface area (Å²) in [4.78, 5) is 29.1. The number of carbonyl (C=O) groups excluding carboxylic acids is 1. The molecule has 1 amide bonds. The maximum Gasteiger partial charge on any atom is 0.278 e. The summed E-state index contributed by atoms with van der Waals surface area (Å²) in [6, 6.07) is 14.9. The third kappa shape index (κ3) is 4.46. The molecule has 4 rings (SSSR count). The number of aromatic nitrogens is 2. The number of nitrogens with one attached hydrogen (secondary N) is 1. The molecule has 32 heavy (non-hydrogen) atoms. The van der Waals surface area contributed by atoms with Gasteiger partial charge in [0.1, 0.15) is 23.1 Å². The molecule has 4 aromatic rings. The van der Waals surface area contributed by atoms with Crippen molar-refractivity contribution in [3.63, 3.8) is 0 Å². The zero-order valence-electron chi connectivity index (χ0n) is 16.5. The summed E-state index contributed by atoms with van der Waals surface area (Å²) in [5, 5.41) is 2.47. The number of nitrogens with two attached hydrogens (primary N) is 1. The molecule has 2 aromatic carbocycles. The van der Waals surface area contributed by atoms with Crippen LogP contribution < -0.4 is 21.3 Å². The second-order valence-corrected chi connectivity index (χ2v) is 6.69. The molecule has 2 heterocycles. The van der Waals surface area contributed by atoms with E-state index < -0.39 is 23.1 Å². The highest BCUT2D eigenvalue weighted by Gasteiger charge is 2.14. The van der Waals surface area contributed by atoms with Crippen LogP contribution in [0, 0.1) is 11.6 Å². The predicted molar refractivity (Wildman–Crippen MR) is 115 cm³/mol. The van der Waals surface area contributed by atoms with Crippen molar-refractivity contribution in [3.8, 4) is 17.2 Å². The molecule has 0 aliphatic rings. The molecule has 0 unspecified atom stereocenters. The number of ether oxygens (including phenoxy) is 1. The molecule has 0 saturated heterocycles. The lowest BCUT2D eigenvalue weighted by atomic mass is 10.2. The van der Waals surface area contributed by atoms with E-state index in [0.29, 0.717) is 11.4 Å². The SMILES string of the molecule is Nc1cc(Oc2ccc(C(=O)Nc3cccn(-c4ccc(F)cc4)c3=O)cc2F)ccn1. The summed E-state index contributed by atoms with van der Waals surface area (Å²) in [6.07, 6.45) is 2.91. The lowest BCUT2D eigenvalue weighted by Crippen LogP contribution is -2.24. The first kappa shape index (κ1) is 20.7. The van der Waals surface area contributed by atoms with Crippen LogP contribution in [-0.4, -0.2) is 15.5 Å². The fourth-order valence-electron chi connectivity index (χ4n) is 2.93. The number of carbonyl (C=O) groups is 1. The van der Waals surface area contributed by atoms with Gasteiger partial charge in [-0.1, -0.05) is 0 Å². The molecule has 9 heteroatoms. The van der Waals surface area contributed by atoms with Gasteiger partial charge in [0.15, 0.2) is 11.6 Å². The fraction of sp³-hybridized carbons (Fsp3) is 0. The fourth-order valence-corrected chi connectivity index (χ4v) is 2.93. The van der Waals surface area contributed by atoms with Crippen molar-refractivity contribution >= 4 is 17.4 Å². The summed E-state index contributed by atoms with van der Waals surface area (Å²) >= 11 is 0.